The summed E-state index contributed by atoms with van der Waals surface area (Å²) in [6, 6.07) is 18.5. The second-order valence-corrected chi connectivity index (χ2v) is 8.67. The normalized spacial score (nSPS) is 12.9. The maximum Gasteiger partial charge on any atom is 0.290 e. The second-order valence-electron chi connectivity index (χ2n) is 8.67. The summed E-state index contributed by atoms with van der Waals surface area (Å²) in [5.41, 5.74) is 5.31. The molecule has 7 heteroatoms. The van der Waals surface area contributed by atoms with Gasteiger partial charge in [-0.3, -0.25) is 9.59 Å². The summed E-state index contributed by atoms with van der Waals surface area (Å²) in [6.07, 6.45) is 3.95. The average Bonchev–Trinajstić information content (AvgIpc) is 3.55. The number of amides is 1. The minimum atomic E-state index is -0.322. The van der Waals surface area contributed by atoms with E-state index in [9.17, 15) is 9.59 Å². The fourth-order valence-electron chi connectivity index (χ4n) is 4.66. The first-order valence-electron chi connectivity index (χ1n) is 11.1. The lowest BCUT2D eigenvalue weighted by Crippen LogP contribution is -2.27. The van der Waals surface area contributed by atoms with Gasteiger partial charge < -0.3 is 13.9 Å². The lowest BCUT2D eigenvalue weighted by Gasteiger charge is -2.18. The van der Waals surface area contributed by atoms with Crippen molar-refractivity contribution in [2.45, 2.75) is 26.9 Å². The molecule has 168 valence electrons. The summed E-state index contributed by atoms with van der Waals surface area (Å²) >= 11 is 0. The van der Waals surface area contributed by atoms with Gasteiger partial charge in [-0.2, -0.15) is 5.10 Å². The van der Waals surface area contributed by atoms with Crippen LogP contribution in [-0.4, -0.2) is 25.2 Å². The topological polar surface area (TPSA) is 73.3 Å². The van der Waals surface area contributed by atoms with Crippen LogP contribution < -0.4 is 5.43 Å². The van der Waals surface area contributed by atoms with Crippen LogP contribution in [0.5, 0.6) is 0 Å². The van der Waals surface area contributed by atoms with Crippen molar-refractivity contribution in [3.63, 3.8) is 0 Å². The molecule has 0 N–H and O–H groups in total. The predicted molar refractivity (Wildman–Crippen MR) is 128 cm³/mol. The third-order valence-electron chi connectivity index (χ3n) is 6.29. The summed E-state index contributed by atoms with van der Waals surface area (Å²) < 4.78 is 9.77. The number of benzene rings is 2. The summed E-state index contributed by atoms with van der Waals surface area (Å²) in [5, 5.41) is 5.37. The molecule has 0 saturated carbocycles. The van der Waals surface area contributed by atoms with Crippen molar-refractivity contribution in [3.05, 3.63) is 111 Å². The highest BCUT2D eigenvalue weighted by Gasteiger charge is 2.33. The van der Waals surface area contributed by atoms with Crippen LogP contribution in [0.3, 0.4) is 0 Å². The third-order valence-corrected chi connectivity index (χ3v) is 6.29. The number of carbonyl (C=O) groups excluding carboxylic acids is 1. The molecule has 0 saturated heterocycles. The quantitative estimate of drug-likeness (QED) is 0.405. The summed E-state index contributed by atoms with van der Waals surface area (Å²) in [6.45, 7) is 4.87. The smallest absolute Gasteiger partial charge is 0.290 e. The van der Waals surface area contributed by atoms with Gasteiger partial charge in [-0.25, -0.2) is 4.68 Å². The number of hydrogen-bond donors (Lipinski definition) is 0. The Morgan fingerprint density at radius 2 is 1.76 bits per heavy atom. The van der Waals surface area contributed by atoms with Gasteiger partial charge in [-0.05, 0) is 49.7 Å². The Bertz CT molecular complexity index is 1630. The molecule has 7 nitrogen and oxygen atoms in total. The van der Waals surface area contributed by atoms with Gasteiger partial charge in [0.2, 0.25) is 0 Å². The van der Waals surface area contributed by atoms with Crippen LogP contribution in [-0.2, 0) is 13.1 Å². The van der Waals surface area contributed by atoms with E-state index in [1.807, 2.05) is 33.8 Å². The Hall–Kier alpha value is -4.39. The Morgan fingerprint density at radius 1 is 0.971 bits per heavy atom. The van der Waals surface area contributed by atoms with E-state index in [0.29, 0.717) is 24.1 Å². The van der Waals surface area contributed by atoms with Crippen LogP contribution in [0.4, 0.5) is 0 Å². The standard InChI is InChI=1S/C27H22N4O3/c1-17-9-10-22(18(2)13-17)31-26(29-11-5-6-12-29)20-15-30(16-21(20)28-31)27(33)25-14-23(32)19-7-3-4-8-24(19)34-25/h3-14H,15-16H2,1-2H3. The highest BCUT2D eigenvalue weighted by atomic mass is 16.3. The number of carbonyl (C=O) groups is 1. The van der Waals surface area contributed by atoms with E-state index < -0.39 is 0 Å². The Kier molecular flexibility index (Phi) is 4.52. The van der Waals surface area contributed by atoms with E-state index in [0.717, 1.165) is 28.3 Å². The molecule has 0 atom stereocenters. The van der Waals surface area contributed by atoms with Crippen LogP contribution in [0.25, 0.3) is 22.5 Å². The SMILES string of the molecule is Cc1ccc(-n2nc3c(c2-n2cccc2)CN(C(=O)c2cc(=O)c4ccccc4o2)C3)c(C)c1. The van der Waals surface area contributed by atoms with Crippen LogP contribution in [0.15, 0.2) is 82.3 Å². The molecule has 1 aliphatic rings. The van der Waals surface area contributed by atoms with E-state index >= 15 is 0 Å². The van der Waals surface area contributed by atoms with E-state index in [1.165, 1.54) is 11.6 Å². The molecule has 0 aliphatic carbocycles. The molecule has 3 aromatic heterocycles. The monoisotopic (exact) mass is 450 g/mol. The minimum absolute atomic E-state index is 0.0404. The number of fused-ring (bicyclic) bond motifs is 2. The van der Waals surface area contributed by atoms with E-state index in [1.54, 1.807) is 29.2 Å². The van der Waals surface area contributed by atoms with Crippen molar-refractivity contribution in [1.82, 2.24) is 19.2 Å². The first-order chi connectivity index (χ1) is 16.5. The molecule has 5 aromatic rings. The largest absolute Gasteiger partial charge is 0.451 e. The van der Waals surface area contributed by atoms with Gasteiger partial charge in [0.15, 0.2) is 11.2 Å². The van der Waals surface area contributed by atoms with Crippen LogP contribution in [0.2, 0.25) is 0 Å². The lowest BCUT2D eigenvalue weighted by atomic mass is 10.1. The summed E-state index contributed by atoms with van der Waals surface area (Å²) in [5.74, 6) is 0.623. The molecule has 1 aliphatic heterocycles. The third kappa shape index (κ3) is 3.16. The molecular weight excluding hydrogens is 428 g/mol. The van der Waals surface area contributed by atoms with Crippen LogP contribution in [0, 0.1) is 13.8 Å². The van der Waals surface area contributed by atoms with Gasteiger partial charge in [0.05, 0.1) is 29.9 Å². The minimum Gasteiger partial charge on any atom is -0.451 e. The van der Waals surface area contributed by atoms with Crippen LogP contribution >= 0.6 is 0 Å². The zero-order chi connectivity index (χ0) is 23.4. The fraction of sp³-hybridized carbons (Fsp3) is 0.148. The number of hydrogen-bond acceptors (Lipinski definition) is 4. The Morgan fingerprint density at radius 3 is 2.56 bits per heavy atom. The number of para-hydroxylation sites is 1. The van der Waals surface area contributed by atoms with Gasteiger partial charge in [0, 0.05) is 24.0 Å². The molecular formula is C27H22N4O3. The molecule has 0 radical (unpaired) electrons. The summed E-state index contributed by atoms with van der Waals surface area (Å²) in [7, 11) is 0. The van der Waals surface area contributed by atoms with Gasteiger partial charge >= 0.3 is 0 Å². The number of aryl methyl sites for hydroxylation is 2. The molecule has 0 spiro atoms. The maximum atomic E-state index is 13.3. The number of aromatic nitrogens is 3. The van der Waals surface area contributed by atoms with Crippen molar-refractivity contribution in [3.8, 4) is 11.5 Å². The van der Waals surface area contributed by atoms with Gasteiger partial charge in [0.1, 0.15) is 11.4 Å². The zero-order valence-corrected chi connectivity index (χ0v) is 18.9. The average molecular weight is 450 g/mol. The molecule has 34 heavy (non-hydrogen) atoms. The predicted octanol–water partition coefficient (Wildman–Crippen LogP) is 4.54. The molecule has 0 fully saturated rings. The van der Waals surface area contributed by atoms with E-state index in [2.05, 4.69) is 32.0 Å². The highest BCUT2D eigenvalue weighted by Crippen LogP contribution is 2.32. The maximum absolute atomic E-state index is 13.3. The van der Waals surface area contributed by atoms with Crippen molar-refractivity contribution < 1.29 is 9.21 Å². The number of rotatable bonds is 3. The van der Waals surface area contributed by atoms with E-state index in [4.69, 9.17) is 9.52 Å². The molecule has 2 aromatic carbocycles. The second kappa shape index (κ2) is 7.59. The Balaban J connectivity index is 1.40. The van der Waals surface area contributed by atoms with E-state index in [-0.39, 0.29) is 17.1 Å². The first-order valence-corrected chi connectivity index (χ1v) is 11.1. The highest BCUT2D eigenvalue weighted by molar-refractivity contribution is 5.93. The van der Waals surface area contributed by atoms with Crippen LogP contribution in [0.1, 0.15) is 32.9 Å². The van der Waals surface area contributed by atoms with Crippen molar-refractivity contribution in [1.29, 1.82) is 0 Å². The van der Waals surface area contributed by atoms with Crippen molar-refractivity contribution in [2.24, 2.45) is 0 Å². The molecule has 4 heterocycles. The number of nitrogens with zero attached hydrogens (tertiary/aromatic N) is 4. The van der Waals surface area contributed by atoms with Gasteiger partial charge in [0.25, 0.3) is 5.91 Å². The summed E-state index contributed by atoms with van der Waals surface area (Å²) in [4.78, 5) is 27.5. The molecule has 1 amide bonds. The molecule has 0 unspecified atom stereocenters. The first kappa shape index (κ1) is 20.2. The molecule has 0 bridgehead atoms. The molecule has 6 rings (SSSR count). The van der Waals surface area contributed by atoms with Gasteiger partial charge in [-0.15, -0.1) is 0 Å². The zero-order valence-electron chi connectivity index (χ0n) is 18.9. The lowest BCUT2D eigenvalue weighted by molar-refractivity contribution is 0.0717. The van der Waals surface area contributed by atoms with Crippen molar-refractivity contribution in [2.75, 3.05) is 0 Å². The fourth-order valence-corrected chi connectivity index (χ4v) is 4.66. The van der Waals surface area contributed by atoms with Crippen molar-refractivity contribution >= 4 is 16.9 Å². The Labute approximate surface area is 195 Å². The van der Waals surface area contributed by atoms with Gasteiger partial charge in [-0.1, -0.05) is 29.8 Å².